The van der Waals surface area contributed by atoms with Gasteiger partial charge in [0.2, 0.25) is 11.1 Å². The third-order valence-corrected chi connectivity index (χ3v) is 4.72. The fourth-order valence-corrected chi connectivity index (χ4v) is 3.01. The maximum atomic E-state index is 12.4. The van der Waals surface area contributed by atoms with Crippen molar-refractivity contribution in [2.75, 3.05) is 5.32 Å². The smallest absolute Gasteiger partial charge is 0.237 e. The predicted octanol–water partition coefficient (Wildman–Crippen LogP) is 3.95. The number of anilines is 1. The molecule has 0 aliphatic heterocycles. The average Bonchev–Trinajstić information content (AvgIpc) is 3.07. The van der Waals surface area contributed by atoms with Crippen molar-refractivity contribution in [3.8, 4) is 11.4 Å². The number of halogens is 1. The molecule has 1 atom stereocenters. The van der Waals surface area contributed by atoms with Crippen LogP contribution in [0.5, 0.6) is 0 Å². The number of H-pyrrole nitrogens is 1. The molecule has 2 aromatic heterocycles. The third kappa shape index (κ3) is 4.37. The minimum atomic E-state index is -0.362. The molecule has 3 aromatic rings. The van der Waals surface area contributed by atoms with Crippen molar-refractivity contribution in [2.24, 2.45) is 0 Å². The van der Waals surface area contributed by atoms with Gasteiger partial charge in [0.15, 0.2) is 5.82 Å². The molecule has 25 heavy (non-hydrogen) atoms. The van der Waals surface area contributed by atoms with Crippen LogP contribution in [0.4, 0.5) is 5.69 Å². The van der Waals surface area contributed by atoms with Crippen molar-refractivity contribution in [3.05, 3.63) is 53.3 Å². The number of aromatic amines is 1. The highest BCUT2D eigenvalue weighted by atomic mass is 35.5. The summed E-state index contributed by atoms with van der Waals surface area (Å²) in [4.78, 5) is 20.8. The van der Waals surface area contributed by atoms with Gasteiger partial charge in [0.05, 0.1) is 5.25 Å². The van der Waals surface area contributed by atoms with Crippen LogP contribution in [0.1, 0.15) is 12.5 Å². The normalized spacial score (nSPS) is 12.0. The van der Waals surface area contributed by atoms with Gasteiger partial charge in [0.25, 0.3) is 0 Å². The number of nitrogens with zero attached hydrogens (tertiary/aromatic N) is 3. The second kappa shape index (κ2) is 7.67. The highest BCUT2D eigenvalue weighted by molar-refractivity contribution is 8.00. The second-order valence-corrected chi connectivity index (χ2v) is 7.16. The molecule has 2 heterocycles. The lowest BCUT2D eigenvalue weighted by atomic mass is 10.2. The fourth-order valence-electron chi connectivity index (χ4n) is 2.11. The van der Waals surface area contributed by atoms with Gasteiger partial charge in [-0.25, -0.2) is 4.98 Å². The Bertz CT molecular complexity index is 884. The lowest BCUT2D eigenvalue weighted by Crippen LogP contribution is -2.23. The van der Waals surface area contributed by atoms with Crippen LogP contribution in [-0.2, 0) is 4.79 Å². The van der Waals surface area contributed by atoms with Crippen LogP contribution in [0.2, 0.25) is 5.02 Å². The quantitative estimate of drug-likeness (QED) is 0.661. The number of benzene rings is 1. The largest absolute Gasteiger partial charge is 0.325 e. The highest BCUT2D eigenvalue weighted by Crippen LogP contribution is 2.25. The number of amides is 1. The summed E-state index contributed by atoms with van der Waals surface area (Å²) < 4.78 is 0. The van der Waals surface area contributed by atoms with Crippen LogP contribution >= 0.6 is 23.4 Å². The van der Waals surface area contributed by atoms with E-state index in [0.29, 0.717) is 21.7 Å². The number of carbonyl (C=O) groups excluding carboxylic acids is 1. The van der Waals surface area contributed by atoms with Crippen molar-refractivity contribution in [1.82, 2.24) is 20.2 Å². The zero-order chi connectivity index (χ0) is 17.8. The Labute approximate surface area is 154 Å². The third-order valence-electron chi connectivity index (χ3n) is 3.53. The highest BCUT2D eigenvalue weighted by Gasteiger charge is 2.18. The molecule has 8 heteroatoms. The molecular formula is C17H16ClN5OS. The van der Waals surface area contributed by atoms with Gasteiger partial charge in [0, 0.05) is 28.7 Å². The Morgan fingerprint density at radius 2 is 2.04 bits per heavy atom. The van der Waals surface area contributed by atoms with E-state index < -0.39 is 0 Å². The Balaban J connectivity index is 1.66. The minimum absolute atomic E-state index is 0.134. The van der Waals surface area contributed by atoms with Crippen LogP contribution in [0, 0.1) is 6.92 Å². The molecule has 0 fully saturated rings. The van der Waals surface area contributed by atoms with E-state index in [2.05, 4.69) is 25.5 Å². The van der Waals surface area contributed by atoms with Crippen LogP contribution < -0.4 is 5.32 Å². The molecule has 0 saturated carbocycles. The Morgan fingerprint density at radius 3 is 2.80 bits per heavy atom. The molecule has 0 aliphatic rings. The Morgan fingerprint density at radius 1 is 1.28 bits per heavy atom. The molecule has 0 saturated heterocycles. The second-order valence-electron chi connectivity index (χ2n) is 5.41. The number of carbonyl (C=O) groups is 1. The van der Waals surface area contributed by atoms with E-state index in [9.17, 15) is 4.79 Å². The predicted molar refractivity (Wildman–Crippen MR) is 99.8 cm³/mol. The summed E-state index contributed by atoms with van der Waals surface area (Å²) in [5, 5.41) is 10.7. The molecule has 0 aliphatic carbocycles. The fraction of sp³-hybridized carbons (Fsp3) is 0.176. The summed E-state index contributed by atoms with van der Waals surface area (Å²) in [6.07, 6.45) is 3.38. The van der Waals surface area contributed by atoms with Crippen molar-refractivity contribution in [3.63, 3.8) is 0 Å². The van der Waals surface area contributed by atoms with Crippen molar-refractivity contribution in [1.29, 1.82) is 0 Å². The van der Waals surface area contributed by atoms with Gasteiger partial charge in [-0.1, -0.05) is 29.4 Å². The maximum absolute atomic E-state index is 12.4. The number of rotatable bonds is 5. The van der Waals surface area contributed by atoms with Crippen molar-refractivity contribution >= 4 is 35.0 Å². The van der Waals surface area contributed by atoms with Crippen molar-refractivity contribution < 1.29 is 4.79 Å². The first-order valence-electron chi connectivity index (χ1n) is 7.59. The van der Waals surface area contributed by atoms with E-state index in [1.807, 2.05) is 32.0 Å². The molecule has 0 radical (unpaired) electrons. The first kappa shape index (κ1) is 17.4. The molecule has 1 aromatic carbocycles. The zero-order valence-electron chi connectivity index (χ0n) is 13.7. The van der Waals surface area contributed by atoms with E-state index in [-0.39, 0.29) is 11.2 Å². The van der Waals surface area contributed by atoms with Gasteiger partial charge in [-0.15, -0.1) is 5.10 Å². The number of hydrogen-bond donors (Lipinski definition) is 2. The van der Waals surface area contributed by atoms with E-state index >= 15 is 0 Å². The van der Waals surface area contributed by atoms with Crippen molar-refractivity contribution in [2.45, 2.75) is 24.3 Å². The number of aryl methyl sites for hydroxylation is 1. The lowest BCUT2D eigenvalue weighted by molar-refractivity contribution is -0.115. The first-order valence-corrected chi connectivity index (χ1v) is 8.85. The number of pyridine rings is 1. The summed E-state index contributed by atoms with van der Waals surface area (Å²) >= 11 is 7.27. The van der Waals surface area contributed by atoms with Gasteiger partial charge >= 0.3 is 0 Å². The number of hydrogen-bond acceptors (Lipinski definition) is 5. The Kier molecular flexibility index (Phi) is 5.35. The van der Waals surface area contributed by atoms with Gasteiger partial charge in [-0.2, -0.15) is 0 Å². The number of thioether (sulfide) groups is 1. The van der Waals surface area contributed by atoms with E-state index in [0.717, 1.165) is 11.1 Å². The standard InChI is InChI=1S/C17H16ClN5OS/c1-10-3-4-13(18)9-14(10)20-16(24)11(2)25-17-21-15(22-23-17)12-5-7-19-8-6-12/h3-9,11H,1-2H3,(H,20,24)(H,21,22,23)/t11-/m1/s1. The van der Waals surface area contributed by atoms with Gasteiger partial charge in [-0.3, -0.25) is 14.9 Å². The molecular weight excluding hydrogens is 358 g/mol. The molecule has 0 unspecified atom stereocenters. The minimum Gasteiger partial charge on any atom is -0.325 e. The lowest BCUT2D eigenvalue weighted by Gasteiger charge is -2.12. The van der Waals surface area contributed by atoms with Gasteiger partial charge < -0.3 is 5.32 Å². The summed E-state index contributed by atoms with van der Waals surface area (Å²) in [5.41, 5.74) is 2.55. The molecule has 0 bridgehead atoms. The Hall–Kier alpha value is -2.38. The molecule has 0 spiro atoms. The molecule has 128 valence electrons. The zero-order valence-corrected chi connectivity index (χ0v) is 15.2. The summed E-state index contributed by atoms with van der Waals surface area (Å²) in [6.45, 7) is 3.72. The maximum Gasteiger partial charge on any atom is 0.237 e. The van der Waals surface area contributed by atoms with Gasteiger partial charge in [0.1, 0.15) is 0 Å². The average molecular weight is 374 g/mol. The molecule has 2 N–H and O–H groups in total. The van der Waals surface area contributed by atoms with Crippen LogP contribution in [0.15, 0.2) is 47.9 Å². The monoisotopic (exact) mass is 373 g/mol. The SMILES string of the molecule is Cc1ccc(Cl)cc1NC(=O)[C@@H](C)Sc1n[nH]c(-c2ccncc2)n1. The summed E-state index contributed by atoms with van der Waals surface area (Å²) in [7, 11) is 0. The molecule has 1 amide bonds. The topological polar surface area (TPSA) is 83.6 Å². The number of nitrogens with one attached hydrogen (secondary N) is 2. The summed E-state index contributed by atoms with van der Waals surface area (Å²) in [6, 6.07) is 9.07. The van der Waals surface area contributed by atoms with E-state index in [1.165, 1.54) is 11.8 Å². The first-order chi connectivity index (χ1) is 12.0. The van der Waals surface area contributed by atoms with Crippen LogP contribution in [0.25, 0.3) is 11.4 Å². The van der Waals surface area contributed by atoms with E-state index in [1.54, 1.807) is 24.5 Å². The summed E-state index contributed by atoms with van der Waals surface area (Å²) in [5.74, 6) is 0.508. The molecule has 6 nitrogen and oxygen atoms in total. The number of aromatic nitrogens is 4. The molecule has 3 rings (SSSR count). The van der Waals surface area contributed by atoms with Crippen LogP contribution in [0.3, 0.4) is 0 Å². The van der Waals surface area contributed by atoms with E-state index in [4.69, 9.17) is 11.6 Å². The van der Waals surface area contributed by atoms with Crippen LogP contribution in [-0.4, -0.2) is 31.3 Å². The van der Waals surface area contributed by atoms with Gasteiger partial charge in [-0.05, 0) is 43.7 Å².